The van der Waals surface area contributed by atoms with Crippen LogP contribution in [0.2, 0.25) is 0 Å². The van der Waals surface area contributed by atoms with E-state index in [9.17, 15) is 4.79 Å². The number of benzene rings is 1. The number of carbonyl (C=O) groups excluding carboxylic acids is 1. The van der Waals surface area contributed by atoms with Crippen LogP contribution in [0.3, 0.4) is 0 Å². The van der Waals surface area contributed by atoms with Crippen LogP contribution < -0.4 is 0 Å². The SMILES string of the molecule is CC(=O)Cn1nnc(-c2cnc(-c3cn(Cc4cc(C)c(C)c(C)c4)nn3)cn2)n1. The molecule has 0 saturated carbocycles. The molecule has 0 spiro atoms. The van der Waals surface area contributed by atoms with E-state index in [-0.39, 0.29) is 12.3 Å². The van der Waals surface area contributed by atoms with E-state index < -0.39 is 0 Å². The van der Waals surface area contributed by atoms with Gasteiger partial charge >= 0.3 is 0 Å². The molecule has 0 aliphatic heterocycles. The van der Waals surface area contributed by atoms with E-state index in [4.69, 9.17) is 0 Å². The highest BCUT2D eigenvalue weighted by Crippen LogP contribution is 2.18. The molecule has 10 nitrogen and oxygen atoms in total. The maximum absolute atomic E-state index is 11.2. The van der Waals surface area contributed by atoms with E-state index in [1.807, 2.05) is 6.20 Å². The number of aromatic nitrogens is 9. The van der Waals surface area contributed by atoms with Gasteiger partial charge in [0.2, 0.25) is 5.82 Å². The molecule has 0 bridgehead atoms. The van der Waals surface area contributed by atoms with E-state index in [0.29, 0.717) is 29.5 Å². The summed E-state index contributed by atoms with van der Waals surface area (Å²) in [6.45, 7) is 8.52. The van der Waals surface area contributed by atoms with Crippen molar-refractivity contribution >= 4 is 5.78 Å². The van der Waals surface area contributed by atoms with Gasteiger partial charge in [-0.05, 0) is 55.2 Å². The largest absolute Gasteiger partial charge is 0.298 e. The summed E-state index contributed by atoms with van der Waals surface area (Å²) in [7, 11) is 0. The number of rotatable bonds is 6. The van der Waals surface area contributed by atoms with Crippen molar-refractivity contribution in [3.8, 4) is 22.9 Å². The fourth-order valence-corrected chi connectivity index (χ4v) is 3.08. The topological polar surface area (TPSA) is 117 Å². The van der Waals surface area contributed by atoms with Gasteiger partial charge in [-0.15, -0.1) is 15.3 Å². The lowest BCUT2D eigenvalue weighted by Crippen LogP contribution is -2.09. The van der Waals surface area contributed by atoms with E-state index in [2.05, 4.69) is 68.6 Å². The Morgan fingerprint density at radius 1 is 0.933 bits per heavy atom. The number of carbonyl (C=O) groups is 1. The van der Waals surface area contributed by atoms with Crippen LogP contribution in [0.25, 0.3) is 22.9 Å². The molecule has 4 rings (SSSR count). The summed E-state index contributed by atoms with van der Waals surface area (Å²) in [6, 6.07) is 4.34. The highest BCUT2D eigenvalue weighted by atomic mass is 16.1. The molecule has 3 aromatic heterocycles. The molecule has 1 aromatic carbocycles. The second-order valence-corrected chi connectivity index (χ2v) is 7.29. The predicted octanol–water partition coefficient (Wildman–Crippen LogP) is 1.95. The maximum Gasteiger partial charge on any atom is 0.224 e. The lowest BCUT2D eigenvalue weighted by Gasteiger charge is -2.08. The van der Waals surface area contributed by atoms with Gasteiger partial charge in [-0.1, -0.05) is 17.3 Å². The molecular formula is C20H21N9O. The molecular weight excluding hydrogens is 382 g/mol. The first-order valence-electron chi connectivity index (χ1n) is 9.46. The zero-order valence-corrected chi connectivity index (χ0v) is 17.2. The Kier molecular flexibility index (Phi) is 5.13. The fraction of sp³-hybridized carbons (Fsp3) is 0.300. The second kappa shape index (κ2) is 7.90. The number of aryl methyl sites for hydroxylation is 2. The molecule has 0 aliphatic carbocycles. The molecule has 0 aliphatic rings. The van der Waals surface area contributed by atoms with Crippen molar-refractivity contribution in [3.05, 3.63) is 53.0 Å². The summed E-state index contributed by atoms with van der Waals surface area (Å²) in [4.78, 5) is 21.1. The zero-order chi connectivity index (χ0) is 21.3. The van der Waals surface area contributed by atoms with Gasteiger partial charge in [0, 0.05) is 0 Å². The molecule has 3 heterocycles. The summed E-state index contributed by atoms with van der Waals surface area (Å²) < 4.78 is 1.78. The summed E-state index contributed by atoms with van der Waals surface area (Å²) in [6.07, 6.45) is 4.99. The number of ketones is 1. The third-order valence-corrected chi connectivity index (χ3v) is 4.83. The van der Waals surface area contributed by atoms with Crippen LogP contribution in [0.5, 0.6) is 0 Å². The van der Waals surface area contributed by atoms with Crippen molar-refractivity contribution in [1.82, 2.24) is 45.2 Å². The van der Waals surface area contributed by atoms with Crippen molar-refractivity contribution < 1.29 is 4.79 Å². The van der Waals surface area contributed by atoms with Gasteiger partial charge in [0.25, 0.3) is 0 Å². The third-order valence-electron chi connectivity index (χ3n) is 4.83. The fourth-order valence-electron chi connectivity index (χ4n) is 3.08. The molecule has 0 unspecified atom stereocenters. The third kappa shape index (κ3) is 4.12. The minimum atomic E-state index is -0.0561. The van der Waals surface area contributed by atoms with Crippen LogP contribution in [-0.2, 0) is 17.9 Å². The monoisotopic (exact) mass is 403 g/mol. The molecule has 0 amide bonds. The maximum atomic E-state index is 11.2. The van der Waals surface area contributed by atoms with Crippen LogP contribution in [0.4, 0.5) is 0 Å². The Labute approximate surface area is 173 Å². The Hall–Kier alpha value is -3.82. The molecule has 30 heavy (non-hydrogen) atoms. The molecule has 152 valence electrons. The Morgan fingerprint density at radius 3 is 2.30 bits per heavy atom. The summed E-state index contributed by atoms with van der Waals surface area (Å²) in [5, 5.41) is 20.3. The van der Waals surface area contributed by atoms with Crippen LogP contribution in [0, 0.1) is 20.8 Å². The average molecular weight is 403 g/mol. The second-order valence-electron chi connectivity index (χ2n) is 7.29. The van der Waals surface area contributed by atoms with Crippen molar-refractivity contribution in [3.63, 3.8) is 0 Å². The molecule has 0 N–H and O–H groups in total. The number of hydrogen-bond donors (Lipinski definition) is 0. The smallest absolute Gasteiger partial charge is 0.224 e. The molecule has 10 heteroatoms. The van der Waals surface area contributed by atoms with Crippen molar-refractivity contribution in [2.24, 2.45) is 0 Å². The number of nitrogens with zero attached hydrogens (tertiary/aromatic N) is 9. The van der Waals surface area contributed by atoms with Gasteiger partial charge in [0.15, 0.2) is 5.78 Å². The van der Waals surface area contributed by atoms with E-state index in [1.54, 1.807) is 17.1 Å². The molecule has 0 saturated heterocycles. The molecule has 4 aromatic rings. The summed E-state index contributed by atoms with van der Waals surface area (Å²) in [5.74, 6) is 0.253. The van der Waals surface area contributed by atoms with Gasteiger partial charge in [0.05, 0.1) is 25.1 Å². The highest BCUT2D eigenvalue weighted by molar-refractivity contribution is 5.75. The first kappa shape index (κ1) is 19.5. The minimum Gasteiger partial charge on any atom is -0.298 e. The standard InChI is InChI=1S/C20H21N9O/c1-12-5-16(6-13(2)15(12)4)10-28-11-19(23-26-28)17-7-22-18(8-21-17)20-24-27-29(25-20)9-14(3)30/h5-8,11H,9-10H2,1-4H3. The van der Waals surface area contributed by atoms with Gasteiger partial charge in [-0.25, -0.2) is 9.67 Å². The van der Waals surface area contributed by atoms with Crippen molar-refractivity contribution in [2.45, 2.75) is 40.8 Å². The first-order chi connectivity index (χ1) is 14.4. The lowest BCUT2D eigenvalue weighted by molar-refractivity contribution is -0.117. The first-order valence-corrected chi connectivity index (χ1v) is 9.46. The minimum absolute atomic E-state index is 0.0561. The van der Waals surface area contributed by atoms with Gasteiger partial charge < -0.3 is 0 Å². The zero-order valence-electron chi connectivity index (χ0n) is 17.2. The quantitative estimate of drug-likeness (QED) is 0.479. The summed E-state index contributed by atoms with van der Waals surface area (Å²) in [5.41, 5.74) is 6.70. The van der Waals surface area contributed by atoms with Crippen LogP contribution in [-0.4, -0.2) is 51.0 Å². The Balaban J connectivity index is 1.50. The number of Topliss-reactive ketones (excluding diaryl/α,β-unsaturated/α-hetero) is 1. The molecule has 0 atom stereocenters. The number of hydrogen-bond acceptors (Lipinski definition) is 8. The van der Waals surface area contributed by atoms with Gasteiger partial charge in [-0.2, -0.15) is 4.80 Å². The van der Waals surface area contributed by atoms with E-state index >= 15 is 0 Å². The van der Waals surface area contributed by atoms with Crippen LogP contribution in [0.1, 0.15) is 29.2 Å². The Bertz CT molecular complexity index is 1180. The predicted molar refractivity (Wildman–Crippen MR) is 108 cm³/mol. The summed E-state index contributed by atoms with van der Waals surface area (Å²) >= 11 is 0. The lowest BCUT2D eigenvalue weighted by atomic mass is 10.0. The van der Waals surface area contributed by atoms with Crippen molar-refractivity contribution in [1.29, 1.82) is 0 Å². The van der Waals surface area contributed by atoms with E-state index in [1.165, 1.54) is 34.0 Å². The van der Waals surface area contributed by atoms with E-state index in [0.717, 1.165) is 0 Å². The Morgan fingerprint density at radius 2 is 1.63 bits per heavy atom. The normalized spacial score (nSPS) is 11.1. The molecule has 0 radical (unpaired) electrons. The highest BCUT2D eigenvalue weighted by Gasteiger charge is 2.12. The molecule has 0 fully saturated rings. The van der Waals surface area contributed by atoms with Crippen LogP contribution >= 0.6 is 0 Å². The average Bonchev–Trinajstić information content (AvgIpc) is 3.35. The van der Waals surface area contributed by atoms with Gasteiger partial charge in [0.1, 0.15) is 23.6 Å². The van der Waals surface area contributed by atoms with Gasteiger partial charge in [-0.3, -0.25) is 9.78 Å². The number of tetrazole rings is 1. The van der Waals surface area contributed by atoms with Crippen LogP contribution in [0.15, 0.2) is 30.7 Å². The van der Waals surface area contributed by atoms with Crippen molar-refractivity contribution in [2.75, 3.05) is 0 Å².